The van der Waals surface area contributed by atoms with Gasteiger partial charge in [-0.15, -0.1) is 0 Å². The average molecular weight is 643 g/mol. The fourth-order valence-electron chi connectivity index (χ4n) is 5.07. The van der Waals surface area contributed by atoms with Crippen molar-refractivity contribution in [3.8, 4) is 0 Å². The van der Waals surface area contributed by atoms with Crippen LogP contribution in [0.1, 0.15) is 19.4 Å². The van der Waals surface area contributed by atoms with Gasteiger partial charge in [-0.1, -0.05) is 23.2 Å². The number of amides is 2. The standard InChI is InChI=1S/C25H25Cl2F5N4O4S/c1-11(2)34-10-18-35(41(39,40)17-6-5-12(26)7-14(17)27)9-16(33(3)4)25(38)36(18)15(24(34)37)8-13-19(28)21(30)23(32)22(31)20(13)29/h5-7,11,15-16,18H,8-10H2,1-4H3. The summed E-state index contributed by atoms with van der Waals surface area (Å²) in [7, 11) is -1.54. The van der Waals surface area contributed by atoms with Crippen molar-refractivity contribution in [3.63, 3.8) is 0 Å². The fourth-order valence-corrected chi connectivity index (χ4v) is 7.40. The van der Waals surface area contributed by atoms with Gasteiger partial charge in [0.05, 0.1) is 11.6 Å². The normalized spacial score (nSPS) is 22.2. The van der Waals surface area contributed by atoms with Gasteiger partial charge in [-0.2, -0.15) is 4.31 Å². The molecule has 0 bridgehead atoms. The smallest absolute Gasteiger partial charge is 0.246 e. The van der Waals surface area contributed by atoms with Gasteiger partial charge in [0.1, 0.15) is 23.1 Å². The molecular formula is C25H25Cl2F5N4O4S. The van der Waals surface area contributed by atoms with E-state index < -0.39 is 87.2 Å². The van der Waals surface area contributed by atoms with Crippen LogP contribution in [0.5, 0.6) is 0 Å². The molecule has 0 saturated carbocycles. The Labute approximate surface area is 243 Å². The molecule has 3 unspecified atom stereocenters. The number of halogens is 7. The first kappa shape index (κ1) is 31.4. The van der Waals surface area contributed by atoms with Crippen LogP contribution in [0, 0.1) is 29.1 Å². The minimum Gasteiger partial charge on any atom is -0.335 e. The molecule has 2 aliphatic heterocycles. The maximum absolute atomic E-state index is 14.7. The molecule has 2 amide bonds. The number of benzene rings is 2. The lowest BCUT2D eigenvalue weighted by Crippen LogP contribution is -2.76. The van der Waals surface area contributed by atoms with Crippen molar-refractivity contribution in [1.82, 2.24) is 19.0 Å². The molecule has 4 rings (SSSR count). The van der Waals surface area contributed by atoms with Crippen molar-refractivity contribution in [2.75, 3.05) is 27.2 Å². The molecule has 8 nitrogen and oxygen atoms in total. The van der Waals surface area contributed by atoms with Gasteiger partial charge in [-0.25, -0.2) is 30.4 Å². The first-order valence-electron chi connectivity index (χ1n) is 12.3. The van der Waals surface area contributed by atoms with E-state index in [0.29, 0.717) is 0 Å². The highest BCUT2D eigenvalue weighted by Crippen LogP contribution is 2.36. The summed E-state index contributed by atoms with van der Waals surface area (Å²) in [5, 5.41) is -0.0550. The summed E-state index contributed by atoms with van der Waals surface area (Å²) < 4.78 is 100. The number of hydrogen-bond donors (Lipinski definition) is 0. The molecule has 0 spiro atoms. The quantitative estimate of drug-likeness (QED) is 0.273. The van der Waals surface area contributed by atoms with Crippen molar-refractivity contribution in [3.05, 3.63) is 62.9 Å². The topological polar surface area (TPSA) is 81.2 Å². The predicted molar refractivity (Wildman–Crippen MR) is 139 cm³/mol. The first-order chi connectivity index (χ1) is 19.0. The van der Waals surface area contributed by atoms with Gasteiger partial charge in [-0.05, 0) is 46.1 Å². The first-order valence-corrected chi connectivity index (χ1v) is 14.5. The largest absolute Gasteiger partial charge is 0.335 e. The van der Waals surface area contributed by atoms with Crippen molar-refractivity contribution >= 4 is 45.0 Å². The number of piperazine rings is 1. The Hall–Kier alpha value is -2.52. The van der Waals surface area contributed by atoms with E-state index in [1.807, 2.05) is 0 Å². The number of fused-ring (bicyclic) bond motifs is 1. The summed E-state index contributed by atoms with van der Waals surface area (Å²) in [5.74, 6) is -12.7. The lowest BCUT2D eigenvalue weighted by molar-refractivity contribution is -0.171. The van der Waals surface area contributed by atoms with E-state index in [4.69, 9.17) is 23.2 Å². The number of carbonyl (C=O) groups excluding carboxylic acids is 2. The Morgan fingerprint density at radius 2 is 1.49 bits per heavy atom. The highest BCUT2D eigenvalue weighted by atomic mass is 35.5. The van der Waals surface area contributed by atoms with Gasteiger partial charge in [0.25, 0.3) is 0 Å². The summed E-state index contributed by atoms with van der Waals surface area (Å²) >= 11 is 12.2. The van der Waals surface area contributed by atoms with Crippen molar-refractivity contribution in [1.29, 1.82) is 0 Å². The average Bonchev–Trinajstić information content (AvgIpc) is 2.89. The Morgan fingerprint density at radius 3 is 2.00 bits per heavy atom. The zero-order valence-corrected chi connectivity index (χ0v) is 24.5. The van der Waals surface area contributed by atoms with E-state index >= 15 is 0 Å². The van der Waals surface area contributed by atoms with Gasteiger partial charge in [0.2, 0.25) is 27.7 Å². The van der Waals surface area contributed by atoms with E-state index in [1.54, 1.807) is 13.8 Å². The Morgan fingerprint density at radius 1 is 0.927 bits per heavy atom. The lowest BCUT2D eigenvalue weighted by atomic mass is 9.95. The fraction of sp³-hybridized carbons (Fsp3) is 0.440. The second-order valence-electron chi connectivity index (χ2n) is 10.2. The van der Waals surface area contributed by atoms with E-state index in [2.05, 4.69) is 0 Å². The van der Waals surface area contributed by atoms with Gasteiger partial charge in [0.15, 0.2) is 23.3 Å². The van der Waals surface area contributed by atoms with E-state index in [9.17, 15) is 40.0 Å². The van der Waals surface area contributed by atoms with Crippen LogP contribution < -0.4 is 0 Å². The Kier molecular flexibility index (Phi) is 8.65. The maximum atomic E-state index is 14.7. The third-order valence-corrected chi connectivity index (χ3v) is 9.82. The van der Waals surface area contributed by atoms with Crippen LogP contribution in [0.25, 0.3) is 0 Å². The summed E-state index contributed by atoms with van der Waals surface area (Å²) in [6.07, 6.45) is -2.51. The molecule has 0 aromatic heterocycles. The molecule has 0 radical (unpaired) electrons. The molecule has 0 N–H and O–H groups in total. The van der Waals surface area contributed by atoms with Crippen LogP contribution in [-0.4, -0.2) is 90.7 Å². The van der Waals surface area contributed by atoms with Crippen LogP contribution in [0.4, 0.5) is 22.0 Å². The zero-order chi connectivity index (χ0) is 30.7. The predicted octanol–water partition coefficient (Wildman–Crippen LogP) is 3.64. The number of carbonyl (C=O) groups is 2. The number of hydrogen-bond acceptors (Lipinski definition) is 5. The van der Waals surface area contributed by atoms with Gasteiger partial charge in [0, 0.05) is 29.6 Å². The van der Waals surface area contributed by atoms with Gasteiger partial charge < -0.3 is 9.80 Å². The molecule has 0 aliphatic carbocycles. The monoisotopic (exact) mass is 642 g/mol. The van der Waals surface area contributed by atoms with Crippen molar-refractivity contribution in [2.45, 2.75) is 49.5 Å². The van der Waals surface area contributed by atoms with E-state index in [1.165, 1.54) is 42.1 Å². The highest BCUT2D eigenvalue weighted by Gasteiger charge is 2.55. The summed E-state index contributed by atoms with van der Waals surface area (Å²) in [6.45, 7) is 2.46. The molecule has 3 atom stereocenters. The van der Waals surface area contributed by atoms with Crippen molar-refractivity contribution < 1.29 is 40.0 Å². The molecular weight excluding hydrogens is 618 g/mol. The van der Waals surface area contributed by atoms with E-state index in [0.717, 1.165) is 9.21 Å². The molecule has 2 aromatic carbocycles. The highest BCUT2D eigenvalue weighted by molar-refractivity contribution is 7.89. The summed E-state index contributed by atoms with van der Waals surface area (Å²) in [4.78, 5) is 30.5. The third kappa shape index (κ3) is 5.29. The van der Waals surface area contributed by atoms with Crippen LogP contribution >= 0.6 is 23.2 Å². The SMILES string of the molecule is CC(C)N1CC2N(C(=O)C(N(C)C)CN2S(=O)(=O)c2ccc(Cl)cc2Cl)C(Cc2c(F)c(F)c(F)c(F)c2F)C1=O. The minimum absolute atomic E-state index is 0.160. The second-order valence-corrected chi connectivity index (χ2v) is 12.9. The van der Waals surface area contributed by atoms with Gasteiger partial charge >= 0.3 is 0 Å². The van der Waals surface area contributed by atoms with Crippen molar-refractivity contribution in [2.24, 2.45) is 0 Å². The number of rotatable bonds is 6. The Balaban J connectivity index is 1.91. The minimum atomic E-state index is -4.50. The molecule has 2 aliphatic rings. The van der Waals surface area contributed by atoms with Crippen LogP contribution in [0.3, 0.4) is 0 Å². The lowest BCUT2D eigenvalue weighted by Gasteiger charge is -2.54. The summed E-state index contributed by atoms with van der Waals surface area (Å²) in [6, 6.07) is 0.110. The maximum Gasteiger partial charge on any atom is 0.246 e. The number of sulfonamides is 1. The van der Waals surface area contributed by atoms with Crippen LogP contribution in [0.2, 0.25) is 10.0 Å². The van der Waals surface area contributed by atoms with Gasteiger partial charge in [-0.3, -0.25) is 14.5 Å². The summed E-state index contributed by atoms with van der Waals surface area (Å²) in [5.41, 5.74) is -1.31. The van der Waals surface area contributed by atoms with E-state index in [-0.39, 0.29) is 28.0 Å². The molecule has 2 aromatic rings. The second kappa shape index (κ2) is 11.3. The zero-order valence-electron chi connectivity index (χ0n) is 22.1. The molecule has 41 heavy (non-hydrogen) atoms. The third-order valence-electron chi connectivity index (χ3n) is 7.24. The molecule has 2 fully saturated rings. The molecule has 16 heteroatoms. The molecule has 2 heterocycles. The number of nitrogens with zero attached hydrogens (tertiary/aromatic N) is 4. The number of likely N-dealkylation sites (N-methyl/N-ethyl adjacent to an activating group) is 1. The molecule has 2 saturated heterocycles. The Bertz CT molecular complexity index is 1500. The molecule has 224 valence electrons. The van der Waals surface area contributed by atoms with Crippen LogP contribution in [-0.2, 0) is 26.0 Å². The van der Waals surface area contributed by atoms with Crippen LogP contribution in [0.15, 0.2) is 23.1 Å².